The van der Waals surface area contributed by atoms with E-state index in [1.807, 2.05) is 29.8 Å². The molecule has 104 valence electrons. The molecule has 3 aromatic rings. The summed E-state index contributed by atoms with van der Waals surface area (Å²) in [7, 11) is 0. The third kappa shape index (κ3) is 2.27. The van der Waals surface area contributed by atoms with Gasteiger partial charge in [-0.05, 0) is 31.0 Å². The lowest BCUT2D eigenvalue weighted by atomic mass is 10.1. The molecule has 3 heterocycles. The Balaban J connectivity index is 1.95. The van der Waals surface area contributed by atoms with Crippen LogP contribution in [-0.4, -0.2) is 14.6 Å². The van der Waals surface area contributed by atoms with Gasteiger partial charge >= 0.3 is 0 Å². The van der Waals surface area contributed by atoms with E-state index in [4.69, 9.17) is 4.42 Å². The van der Waals surface area contributed by atoms with Gasteiger partial charge in [-0.1, -0.05) is 13.8 Å². The van der Waals surface area contributed by atoms with E-state index in [2.05, 4.69) is 35.3 Å². The number of nitrogens with zero attached hydrogens (tertiary/aromatic N) is 3. The Labute approximate surface area is 117 Å². The van der Waals surface area contributed by atoms with Crippen LogP contribution in [0.2, 0.25) is 0 Å². The smallest absolute Gasteiger partial charge is 0.152 e. The topological polar surface area (TPSA) is 55.4 Å². The van der Waals surface area contributed by atoms with Crippen molar-refractivity contribution in [1.82, 2.24) is 14.6 Å². The first-order valence-electron chi connectivity index (χ1n) is 6.79. The quantitative estimate of drug-likeness (QED) is 0.786. The molecular formula is C15H18N4O. The SMILES string of the molecule is CC(C)c1cc2c(NC(C)c3ccco3)nccn2n1. The van der Waals surface area contributed by atoms with Crippen LogP contribution in [0.5, 0.6) is 0 Å². The molecule has 0 aliphatic heterocycles. The van der Waals surface area contributed by atoms with Crippen LogP contribution in [0.25, 0.3) is 5.52 Å². The third-order valence-electron chi connectivity index (χ3n) is 3.32. The second-order valence-electron chi connectivity index (χ2n) is 5.21. The highest BCUT2D eigenvalue weighted by Gasteiger charge is 2.13. The zero-order valence-corrected chi connectivity index (χ0v) is 11.9. The fourth-order valence-corrected chi connectivity index (χ4v) is 2.15. The zero-order valence-electron chi connectivity index (χ0n) is 11.9. The van der Waals surface area contributed by atoms with Crippen LogP contribution >= 0.6 is 0 Å². The van der Waals surface area contributed by atoms with Crippen molar-refractivity contribution >= 4 is 11.3 Å². The molecule has 5 heteroatoms. The molecule has 0 aliphatic carbocycles. The molecule has 0 saturated heterocycles. The van der Waals surface area contributed by atoms with Gasteiger partial charge in [-0.15, -0.1) is 0 Å². The van der Waals surface area contributed by atoms with E-state index < -0.39 is 0 Å². The maximum atomic E-state index is 5.41. The summed E-state index contributed by atoms with van der Waals surface area (Å²) < 4.78 is 7.27. The minimum Gasteiger partial charge on any atom is -0.467 e. The molecule has 0 spiro atoms. The van der Waals surface area contributed by atoms with Crippen molar-refractivity contribution in [2.45, 2.75) is 32.7 Å². The van der Waals surface area contributed by atoms with E-state index in [1.165, 1.54) is 0 Å². The Hall–Kier alpha value is -2.30. The lowest BCUT2D eigenvalue weighted by Gasteiger charge is -2.12. The summed E-state index contributed by atoms with van der Waals surface area (Å²) in [6.45, 7) is 6.31. The Bertz CT molecular complexity index is 700. The Morgan fingerprint density at radius 1 is 1.30 bits per heavy atom. The maximum Gasteiger partial charge on any atom is 0.152 e. The van der Waals surface area contributed by atoms with Gasteiger partial charge in [0.1, 0.15) is 11.3 Å². The predicted octanol–water partition coefficient (Wildman–Crippen LogP) is 3.62. The average Bonchev–Trinajstić information content (AvgIpc) is 3.08. The van der Waals surface area contributed by atoms with Crippen molar-refractivity contribution in [3.8, 4) is 0 Å². The van der Waals surface area contributed by atoms with Crippen molar-refractivity contribution in [3.63, 3.8) is 0 Å². The molecule has 0 fully saturated rings. The maximum absolute atomic E-state index is 5.41. The average molecular weight is 270 g/mol. The van der Waals surface area contributed by atoms with Gasteiger partial charge in [0.15, 0.2) is 5.82 Å². The van der Waals surface area contributed by atoms with Gasteiger partial charge in [0, 0.05) is 12.4 Å². The molecule has 20 heavy (non-hydrogen) atoms. The Kier molecular flexibility index (Phi) is 3.18. The first-order chi connectivity index (χ1) is 9.65. The number of aromatic nitrogens is 3. The number of hydrogen-bond donors (Lipinski definition) is 1. The summed E-state index contributed by atoms with van der Waals surface area (Å²) in [6.07, 6.45) is 5.29. The molecular weight excluding hydrogens is 252 g/mol. The second-order valence-corrected chi connectivity index (χ2v) is 5.21. The van der Waals surface area contributed by atoms with Gasteiger partial charge in [-0.25, -0.2) is 9.50 Å². The highest BCUT2D eigenvalue weighted by Crippen LogP contribution is 2.23. The van der Waals surface area contributed by atoms with E-state index in [1.54, 1.807) is 12.5 Å². The van der Waals surface area contributed by atoms with Gasteiger partial charge in [-0.2, -0.15) is 5.10 Å². The van der Waals surface area contributed by atoms with Crippen LogP contribution < -0.4 is 5.32 Å². The molecule has 3 rings (SSSR count). The summed E-state index contributed by atoms with van der Waals surface area (Å²) in [4.78, 5) is 4.42. The summed E-state index contributed by atoms with van der Waals surface area (Å²) in [6, 6.07) is 5.97. The molecule has 0 aromatic carbocycles. The summed E-state index contributed by atoms with van der Waals surface area (Å²) in [5.41, 5.74) is 2.04. The first-order valence-corrected chi connectivity index (χ1v) is 6.79. The Morgan fingerprint density at radius 3 is 2.85 bits per heavy atom. The van der Waals surface area contributed by atoms with Crippen molar-refractivity contribution in [3.05, 3.63) is 48.3 Å². The molecule has 0 radical (unpaired) electrons. The number of fused-ring (bicyclic) bond motifs is 1. The lowest BCUT2D eigenvalue weighted by Crippen LogP contribution is -2.08. The van der Waals surface area contributed by atoms with Crippen LogP contribution in [0, 0.1) is 0 Å². The number of nitrogens with one attached hydrogen (secondary N) is 1. The van der Waals surface area contributed by atoms with Crippen molar-refractivity contribution in [1.29, 1.82) is 0 Å². The van der Waals surface area contributed by atoms with Crippen molar-refractivity contribution in [2.75, 3.05) is 5.32 Å². The van der Waals surface area contributed by atoms with Crippen LogP contribution in [0.4, 0.5) is 5.82 Å². The van der Waals surface area contributed by atoms with E-state index >= 15 is 0 Å². The highest BCUT2D eigenvalue weighted by atomic mass is 16.3. The lowest BCUT2D eigenvalue weighted by molar-refractivity contribution is 0.490. The predicted molar refractivity (Wildman–Crippen MR) is 77.8 cm³/mol. The largest absolute Gasteiger partial charge is 0.467 e. The number of rotatable bonds is 4. The van der Waals surface area contributed by atoms with Gasteiger partial charge in [0.05, 0.1) is 18.0 Å². The normalized spacial score (nSPS) is 13.0. The van der Waals surface area contributed by atoms with Crippen molar-refractivity contribution < 1.29 is 4.42 Å². The molecule has 1 atom stereocenters. The number of furan rings is 1. The second kappa shape index (κ2) is 5.00. The summed E-state index contributed by atoms with van der Waals surface area (Å²) in [5.74, 6) is 2.10. The fraction of sp³-hybridized carbons (Fsp3) is 0.333. The van der Waals surface area contributed by atoms with Gasteiger partial charge in [0.25, 0.3) is 0 Å². The minimum absolute atomic E-state index is 0.0566. The molecule has 0 bridgehead atoms. The molecule has 0 amide bonds. The van der Waals surface area contributed by atoms with Gasteiger partial charge < -0.3 is 9.73 Å². The van der Waals surface area contributed by atoms with Gasteiger partial charge in [0.2, 0.25) is 0 Å². The van der Waals surface area contributed by atoms with Crippen LogP contribution in [0.3, 0.4) is 0 Å². The van der Waals surface area contributed by atoms with E-state index in [0.29, 0.717) is 5.92 Å². The fourth-order valence-electron chi connectivity index (χ4n) is 2.15. The standard InChI is InChI=1S/C15H18N4O/c1-10(2)12-9-13-15(16-6-7-19(13)18-12)17-11(3)14-5-4-8-20-14/h4-11H,1-3H3,(H,16,17). The minimum atomic E-state index is 0.0566. The van der Waals surface area contributed by atoms with Crippen molar-refractivity contribution in [2.24, 2.45) is 0 Å². The van der Waals surface area contributed by atoms with Crippen LogP contribution in [0.1, 0.15) is 44.2 Å². The number of hydrogen-bond acceptors (Lipinski definition) is 4. The number of anilines is 1. The summed E-state index contributed by atoms with van der Waals surface area (Å²) >= 11 is 0. The van der Waals surface area contributed by atoms with E-state index in [9.17, 15) is 0 Å². The van der Waals surface area contributed by atoms with E-state index in [-0.39, 0.29) is 6.04 Å². The van der Waals surface area contributed by atoms with E-state index in [0.717, 1.165) is 22.8 Å². The molecule has 5 nitrogen and oxygen atoms in total. The van der Waals surface area contributed by atoms with Crippen LogP contribution in [-0.2, 0) is 0 Å². The van der Waals surface area contributed by atoms with Crippen LogP contribution in [0.15, 0.2) is 41.3 Å². The Morgan fingerprint density at radius 2 is 2.15 bits per heavy atom. The molecule has 1 unspecified atom stereocenters. The molecule has 0 saturated carbocycles. The highest BCUT2D eigenvalue weighted by molar-refractivity contribution is 5.68. The first kappa shape index (κ1) is 12.7. The molecule has 0 aliphatic rings. The zero-order chi connectivity index (χ0) is 14.1. The monoisotopic (exact) mass is 270 g/mol. The molecule has 1 N–H and O–H groups in total. The third-order valence-corrected chi connectivity index (χ3v) is 3.32. The van der Waals surface area contributed by atoms with Gasteiger partial charge in [-0.3, -0.25) is 0 Å². The molecule has 3 aromatic heterocycles. The summed E-state index contributed by atoms with van der Waals surface area (Å²) in [5, 5.41) is 7.93.